The normalized spacial score (nSPS) is 30.0. The topological polar surface area (TPSA) is 139 Å². The Morgan fingerprint density at radius 2 is 2.20 bits per heavy atom. The van der Waals surface area contributed by atoms with Crippen molar-refractivity contribution in [3.05, 3.63) is 18.5 Å². The number of nitrogens with one attached hydrogen (secondary N) is 1. The quantitative estimate of drug-likeness (QED) is 0.332. The maximum atomic E-state index is 10.0. The lowest BCUT2D eigenvalue weighted by Gasteiger charge is -2.15. The highest BCUT2D eigenvalue weighted by Gasteiger charge is 2.44. The molecule has 0 radical (unpaired) electrons. The summed E-state index contributed by atoms with van der Waals surface area (Å²) in [6, 6.07) is 1.69. The highest BCUT2D eigenvalue weighted by molar-refractivity contribution is 5.88. The van der Waals surface area contributed by atoms with Crippen LogP contribution in [0.2, 0.25) is 0 Å². The molecule has 4 atom stereocenters. The second-order valence-corrected chi connectivity index (χ2v) is 4.56. The van der Waals surface area contributed by atoms with E-state index in [-0.39, 0.29) is 0 Å². The zero-order valence-electron chi connectivity index (χ0n) is 10.4. The van der Waals surface area contributed by atoms with Gasteiger partial charge in [0.15, 0.2) is 11.9 Å². The number of pyridine rings is 1. The van der Waals surface area contributed by atoms with Crippen LogP contribution in [-0.2, 0) is 4.74 Å². The van der Waals surface area contributed by atoms with E-state index < -0.39 is 31.1 Å². The average Bonchev–Trinajstić information content (AvgIpc) is 3.01. The maximum absolute atomic E-state index is 10.0. The number of rotatable bonds is 3. The van der Waals surface area contributed by atoms with E-state index in [1.807, 2.05) is 0 Å². The van der Waals surface area contributed by atoms with Gasteiger partial charge in [-0.2, -0.15) is 5.10 Å². The Kier molecular flexibility index (Phi) is 3.28. The molecule has 1 aliphatic rings. The number of fused-ring (bicyclic) bond motifs is 1. The molecule has 0 amide bonds. The van der Waals surface area contributed by atoms with E-state index in [4.69, 9.17) is 15.7 Å². The number of ether oxygens (including phenoxy) is 1. The number of hydrogen-bond donors (Lipinski definition) is 5. The van der Waals surface area contributed by atoms with Crippen LogP contribution in [0.25, 0.3) is 11.0 Å². The van der Waals surface area contributed by atoms with Crippen molar-refractivity contribution in [2.75, 3.05) is 12.0 Å². The van der Waals surface area contributed by atoms with Gasteiger partial charge < -0.3 is 25.5 Å². The summed E-state index contributed by atoms with van der Waals surface area (Å²) < 4.78 is 6.78. The fraction of sp³-hybridized carbons (Fsp3) is 0.455. The molecule has 0 saturated carbocycles. The summed E-state index contributed by atoms with van der Waals surface area (Å²) in [6.07, 6.45) is -1.08. The molecule has 4 unspecified atom stereocenters. The van der Waals surface area contributed by atoms with Crippen molar-refractivity contribution in [1.82, 2.24) is 14.8 Å². The molecule has 0 bridgehead atoms. The Balaban J connectivity index is 2.03. The zero-order chi connectivity index (χ0) is 14.3. The van der Waals surface area contributed by atoms with E-state index in [1.165, 1.54) is 17.1 Å². The predicted octanol–water partition coefficient (Wildman–Crippen LogP) is -1.67. The van der Waals surface area contributed by atoms with Crippen molar-refractivity contribution in [2.45, 2.75) is 24.5 Å². The van der Waals surface area contributed by atoms with Crippen molar-refractivity contribution in [3.63, 3.8) is 0 Å². The Labute approximate surface area is 113 Å². The molecular weight excluding hydrogens is 266 g/mol. The summed E-state index contributed by atoms with van der Waals surface area (Å²) >= 11 is 0. The van der Waals surface area contributed by atoms with E-state index in [0.29, 0.717) is 16.7 Å². The molecule has 9 nitrogen and oxygen atoms in total. The van der Waals surface area contributed by atoms with Crippen LogP contribution in [-0.4, -0.2) is 55.0 Å². The van der Waals surface area contributed by atoms with Crippen LogP contribution < -0.4 is 11.3 Å². The van der Waals surface area contributed by atoms with Gasteiger partial charge in [-0.05, 0) is 6.07 Å². The number of anilines is 1. The Hall–Kier alpha value is -1.78. The van der Waals surface area contributed by atoms with E-state index in [1.54, 1.807) is 6.07 Å². The first-order valence-electron chi connectivity index (χ1n) is 6.08. The van der Waals surface area contributed by atoms with Crippen LogP contribution >= 0.6 is 0 Å². The molecule has 0 aliphatic carbocycles. The van der Waals surface area contributed by atoms with Gasteiger partial charge in [0.25, 0.3) is 0 Å². The van der Waals surface area contributed by atoms with Crippen LogP contribution in [0.1, 0.15) is 6.23 Å². The number of nitrogens with zero attached hydrogens (tertiary/aromatic N) is 3. The monoisotopic (exact) mass is 281 g/mol. The largest absolute Gasteiger partial charge is 0.394 e. The zero-order valence-corrected chi connectivity index (χ0v) is 10.4. The molecule has 108 valence electrons. The summed E-state index contributed by atoms with van der Waals surface area (Å²) in [5.41, 5.74) is 3.61. The van der Waals surface area contributed by atoms with Crippen LogP contribution in [0.15, 0.2) is 18.5 Å². The van der Waals surface area contributed by atoms with Crippen molar-refractivity contribution in [3.8, 4) is 0 Å². The maximum Gasteiger partial charge on any atom is 0.181 e. The second-order valence-electron chi connectivity index (χ2n) is 4.56. The van der Waals surface area contributed by atoms with Crippen LogP contribution in [0.5, 0.6) is 0 Å². The first-order valence-corrected chi connectivity index (χ1v) is 6.08. The van der Waals surface area contributed by atoms with Gasteiger partial charge in [0.2, 0.25) is 0 Å². The van der Waals surface area contributed by atoms with Crippen molar-refractivity contribution in [2.24, 2.45) is 5.84 Å². The standard InChI is InChI=1S/C11H15N5O4/c12-15-6-1-2-13-10-5(6)3-14-16(10)11-9(19)8(18)7(4-17)20-11/h1-3,7-9,11,17-19H,4,12H2,(H,13,15). The summed E-state index contributed by atoms with van der Waals surface area (Å²) in [6.45, 7) is -0.392. The van der Waals surface area contributed by atoms with E-state index in [9.17, 15) is 10.2 Å². The lowest BCUT2D eigenvalue weighted by Crippen LogP contribution is -2.33. The van der Waals surface area contributed by atoms with E-state index in [2.05, 4.69) is 15.5 Å². The third-order valence-electron chi connectivity index (χ3n) is 3.41. The first kappa shape index (κ1) is 13.2. The molecule has 3 heterocycles. The third kappa shape index (κ3) is 1.84. The highest BCUT2D eigenvalue weighted by Crippen LogP contribution is 2.32. The molecule has 2 aromatic rings. The number of nitrogen functional groups attached to an aromatic ring is 1. The molecule has 9 heteroatoms. The number of hydrogen-bond acceptors (Lipinski definition) is 8. The minimum atomic E-state index is -1.20. The average molecular weight is 281 g/mol. The number of nitrogens with two attached hydrogens (primary N) is 1. The van der Waals surface area contributed by atoms with Crippen LogP contribution in [0, 0.1) is 0 Å². The fourth-order valence-corrected chi connectivity index (χ4v) is 2.34. The smallest absolute Gasteiger partial charge is 0.181 e. The van der Waals surface area contributed by atoms with Gasteiger partial charge in [0, 0.05) is 6.20 Å². The molecule has 6 N–H and O–H groups in total. The minimum absolute atomic E-state index is 0.392. The Morgan fingerprint density at radius 3 is 2.85 bits per heavy atom. The lowest BCUT2D eigenvalue weighted by atomic mass is 10.1. The number of aliphatic hydroxyl groups is 3. The van der Waals surface area contributed by atoms with Gasteiger partial charge in [-0.3, -0.25) is 5.84 Å². The van der Waals surface area contributed by atoms with Crippen LogP contribution in [0.3, 0.4) is 0 Å². The molecule has 1 aliphatic heterocycles. The molecular formula is C11H15N5O4. The van der Waals surface area contributed by atoms with Crippen molar-refractivity contribution in [1.29, 1.82) is 0 Å². The third-order valence-corrected chi connectivity index (χ3v) is 3.41. The molecule has 2 aromatic heterocycles. The van der Waals surface area contributed by atoms with E-state index >= 15 is 0 Å². The minimum Gasteiger partial charge on any atom is -0.394 e. The predicted molar refractivity (Wildman–Crippen MR) is 68.3 cm³/mol. The molecule has 1 saturated heterocycles. The summed E-state index contributed by atoms with van der Waals surface area (Å²) in [7, 11) is 0. The van der Waals surface area contributed by atoms with Gasteiger partial charge >= 0.3 is 0 Å². The van der Waals surface area contributed by atoms with Crippen molar-refractivity contribution >= 4 is 16.7 Å². The van der Waals surface area contributed by atoms with Gasteiger partial charge in [0.1, 0.15) is 18.3 Å². The second kappa shape index (κ2) is 4.96. The van der Waals surface area contributed by atoms with Gasteiger partial charge in [0.05, 0.1) is 23.9 Å². The SMILES string of the molecule is NNc1ccnc2c1cnn2C1OC(CO)C(O)C1O. The number of aromatic nitrogens is 3. The fourth-order valence-electron chi connectivity index (χ4n) is 2.34. The van der Waals surface area contributed by atoms with Gasteiger partial charge in [-0.1, -0.05) is 0 Å². The highest BCUT2D eigenvalue weighted by atomic mass is 16.6. The van der Waals surface area contributed by atoms with Crippen molar-refractivity contribution < 1.29 is 20.1 Å². The molecule has 20 heavy (non-hydrogen) atoms. The summed E-state index contributed by atoms with van der Waals surface area (Å²) in [4.78, 5) is 4.17. The van der Waals surface area contributed by atoms with Gasteiger partial charge in [-0.25, -0.2) is 9.67 Å². The van der Waals surface area contributed by atoms with Crippen LogP contribution in [0.4, 0.5) is 5.69 Å². The summed E-state index contributed by atoms with van der Waals surface area (Å²) in [5.74, 6) is 5.40. The summed E-state index contributed by atoms with van der Waals surface area (Å²) in [5, 5.41) is 33.6. The first-order chi connectivity index (χ1) is 9.67. The van der Waals surface area contributed by atoms with E-state index in [0.717, 1.165) is 0 Å². The number of aliphatic hydroxyl groups excluding tert-OH is 3. The lowest BCUT2D eigenvalue weighted by molar-refractivity contribution is -0.0566. The number of hydrazine groups is 1. The Bertz CT molecular complexity index is 618. The molecule has 0 spiro atoms. The Morgan fingerprint density at radius 1 is 1.40 bits per heavy atom. The molecule has 1 fully saturated rings. The molecule has 0 aromatic carbocycles. The van der Waals surface area contributed by atoms with Gasteiger partial charge in [-0.15, -0.1) is 0 Å². The molecule has 3 rings (SSSR count).